The molecule has 0 saturated heterocycles. The van der Waals surface area contributed by atoms with Gasteiger partial charge in [-0.2, -0.15) is 0 Å². The summed E-state index contributed by atoms with van der Waals surface area (Å²) in [5.41, 5.74) is 6.92. The second-order valence-corrected chi connectivity index (χ2v) is 5.66. The molecule has 116 valence electrons. The van der Waals surface area contributed by atoms with Crippen LogP contribution in [-0.2, 0) is 4.79 Å². The largest absolute Gasteiger partial charge is 0.497 e. The predicted octanol–water partition coefficient (Wildman–Crippen LogP) is 4.52. The molecule has 0 fully saturated rings. The minimum atomic E-state index is -0.302. The van der Waals surface area contributed by atoms with E-state index in [4.69, 9.17) is 9.47 Å². The molecule has 3 nitrogen and oxygen atoms in total. The summed E-state index contributed by atoms with van der Waals surface area (Å²) >= 11 is 0. The number of carbonyl (C=O) groups excluding carboxylic acids is 1. The number of hydrogen-bond acceptors (Lipinski definition) is 3. The maximum absolute atomic E-state index is 11.1. The summed E-state index contributed by atoms with van der Waals surface area (Å²) in [5.74, 6) is 1.16. The fraction of sp³-hybridized carbons (Fsp3) is 0.316. The van der Waals surface area contributed by atoms with Gasteiger partial charge in [-0.15, -0.1) is 0 Å². The van der Waals surface area contributed by atoms with E-state index in [1.54, 1.807) is 7.11 Å². The van der Waals surface area contributed by atoms with Crippen LogP contribution in [0.3, 0.4) is 0 Å². The second-order valence-electron chi connectivity index (χ2n) is 5.66. The molecule has 0 aliphatic heterocycles. The third kappa shape index (κ3) is 3.14. The highest BCUT2D eigenvalue weighted by Gasteiger charge is 2.14. The topological polar surface area (TPSA) is 35.5 Å². The van der Waals surface area contributed by atoms with Gasteiger partial charge in [-0.05, 0) is 85.3 Å². The molecule has 0 heterocycles. The molecule has 22 heavy (non-hydrogen) atoms. The summed E-state index contributed by atoms with van der Waals surface area (Å²) in [6.45, 7) is 9.67. The molecule has 2 aromatic carbocycles. The van der Waals surface area contributed by atoms with Gasteiger partial charge in [-0.25, -0.2) is 0 Å². The lowest BCUT2D eigenvalue weighted by atomic mass is 9.89. The molecule has 0 N–H and O–H groups in total. The van der Waals surface area contributed by atoms with Crippen molar-refractivity contribution in [2.45, 2.75) is 34.6 Å². The Morgan fingerprint density at radius 3 is 1.45 bits per heavy atom. The van der Waals surface area contributed by atoms with Gasteiger partial charge in [0.2, 0.25) is 0 Å². The smallest absolute Gasteiger partial charge is 0.308 e. The first-order valence-electron chi connectivity index (χ1n) is 7.28. The lowest BCUT2D eigenvalue weighted by Gasteiger charge is -2.18. The molecule has 0 aliphatic rings. The van der Waals surface area contributed by atoms with Crippen LogP contribution in [0.5, 0.6) is 11.5 Å². The molecule has 0 aromatic heterocycles. The molecular weight excluding hydrogens is 276 g/mol. The molecule has 0 aliphatic carbocycles. The van der Waals surface area contributed by atoms with E-state index in [-0.39, 0.29) is 5.97 Å². The maximum Gasteiger partial charge on any atom is 0.308 e. The third-order valence-corrected chi connectivity index (χ3v) is 3.76. The van der Waals surface area contributed by atoms with Crippen LogP contribution in [0.4, 0.5) is 0 Å². The number of ether oxygens (including phenoxy) is 2. The van der Waals surface area contributed by atoms with Crippen molar-refractivity contribution in [1.82, 2.24) is 0 Å². The summed E-state index contributed by atoms with van der Waals surface area (Å²) in [6, 6.07) is 7.90. The predicted molar refractivity (Wildman–Crippen MR) is 88.7 cm³/mol. The Morgan fingerprint density at radius 2 is 1.14 bits per heavy atom. The monoisotopic (exact) mass is 298 g/mol. The van der Waals surface area contributed by atoms with Crippen LogP contribution in [0, 0.1) is 27.7 Å². The van der Waals surface area contributed by atoms with E-state index in [2.05, 4.69) is 13.8 Å². The Hall–Kier alpha value is -2.29. The minimum Gasteiger partial charge on any atom is -0.497 e. The van der Waals surface area contributed by atoms with E-state index >= 15 is 0 Å². The Balaban J connectivity index is 2.61. The van der Waals surface area contributed by atoms with Crippen LogP contribution in [0.1, 0.15) is 29.2 Å². The van der Waals surface area contributed by atoms with Crippen LogP contribution in [0.2, 0.25) is 0 Å². The molecule has 0 bridgehead atoms. The highest BCUT2D eigenvalue weighted by atomic mass is 16.5. The van der Waals surface area contributed by atoms with E-state index < -0.39 is 0 Å². The lowest BCUT2D eigenvalue weighted by Crippen LogP contribution is -2.03. The number of hydrogen-bond donors (Lipinski definition) is 0. The van der Waals surface area contributed by atoms with Crippen molar-refractivity contribution >= 4 is 5.97 Å². The van der Waals surface area contributed by atoms with Crippen molar-refractivity contribution in [2.75, 3.05) is 7.11 Å². The van der Waals surface area contributed by atoms with Gasteiger partial charge in [-0.1, -0.05) is 0 Å². The molecule has 0 unspecified atom stereocenters. The zero-order valence-electron chi connectivity index (χ0n) is 14.0. The Labute approximate surface area is 131 Å². The first-order valence-corrected chi connectivity index (χ1v) is 7.28. The molecule has 2 rings (SSSR count). The number of benzene rings is 2. The Morgan fingerprint density at radius 1 is 0.773 bits per heavy atom. The number of carbonyl (C=O) groups is 1. The van der Waals surface area contributed by atoms with Crippen molar-refractivity contribution in [1.29, 1.82) is 0 Å². The highest BCUT2D eigenvalue weighted by molar-refractivity contribution is 5.78. The standard InChI is InChI=1S/C19H22O3/c1-11-7-16(21-6)8-12(2)18(11)19-13(3)9-17(10-14(19)4)22-15(5)20/h7-10H,1-6H3. The molecule has 3 heteroatoms. The first kappa shape index (κ1) is 16.1. The lowest BCUT2D eigenvalue weighted by molar-refractivity contribution is -0.131. The highest BCUT2D eigenvalue weighted by Crippen LogP contribution is 2.37. The Bertz CT molecular complexity index is 683. The van der Waals surface area contributed by atoms with Gasteiger partial charge < -0.3 is 9.47 Å². The summed E-state index contributed by atoms with van der Waals surface area (Å²) in [4.78, 5) is 11.1. The van der Waals surface area contributed by atoms with Gasteiger partial charge in [0.15, 0.2) is 0 Å². The number of aryl methyl sites for hydroxylation is 4. The molecular formula is C19H22O3. The van der Waals surface area contributed by atoms with Gasteiger partial charge >= 0.3 is 5.97 Å². The zero-order valence-corrected chi connectivity index (χ0v) is 14.0. The summed E-state index contributed by atoms with van der Waals surface area (Å²) in [6.07, 6.45) is 0. The van der Waals surface area contributed by atoms with Crippen molar-refractivity contribution < 1.29 is 14.3 Å². The minimum absolute atomic E-state index is 0.302. The van der Waals surface area contributed by atoms with Gasteiger partial charge in [0.05, 0.1) is 7.11 Å². The summed E-state index contributed by atoms with van der Waals surface area (Å²) in [5, 5.41) is 0. The molecule has 0 spiro atoms. The van der Waals surface area contributed by atoms with Crippen LogP contribution in [0.15, 0.2) is 24.3 Å². The second kappa shape index (κ2) is 6.22. The van der Waals surface area contributed by atoms with E-state index in [0.717, 1.165) is 16.9 Å². The van der Waals surface area contributed by atoms with Crippen molar-refractivity contribution in [2.24, 2.45) is 0 Å². The zero-order chi connectivity index (χ0) is 16.4. The van der Waals surface area contributed by atoms with Crippen LogP contribution in [-0.4, -0.2) is 13.1 Å². The van der Waals surface area contributed by atoms with Crippen LogP contribution < -0.4 is 9.47 Å². The SMILES string of the molecule is COc1cc(C)c(-c2c(C)cc(OC(C)=O)cc2C)c(C)c1. The number of esters is 1. The normalized spacial score (nSPS) is 10.5. The quantitative estimate of drug-likeness (QED) is 0.617. The van der Waals surface area contributed by atoms with E-state index in [1.165, 1.54) is 29.2 Å². The van der Waals surface area contributed by atoms with Crippen molar-refractivity contribution in [3.05, 3.63) is 46.5 Å². The number of methoxy groups -OCH3 is 1. The molecule has 0 saturated carbocycles. The fourth-order valence-corrected chi connectivity index (χ4v) is 2.98. The van der Waals surface area contributed by atoms with E-state index in [9.17, 15) is 4.79 Å². The first-order chi connectivity index (χ1) is 10.3. The molecule has 0 atom stereocenters. The molecule has 2 aromatic rings. The van der Waals surface area contributed by atoms with Gasteiger partial charge in [0.1, 0.15) is 11.5 Å². The third-order valence-electron chi connectivity index (χ3n) is 3.76. The average molecular weight is 298 g/mol. The average Bonchev–Trinajstić information content (AvgIpc) is 2.39. The van der Waals surface area contributed by atoms with Crippen molar-refractivity contribution in [3.63, 3.8) is 0 Å². The van der Waals surface area contributed by atoms with Gasteiger partial charge in [-0.3, -0.25) is 4.79 Å². The Kier molecular flexibility index (Phi) is 4.55. The van der Waals surface area contributed by atoms with E-state index in [0.29, 0.717) is 5.75 Å². The molecule has 0 radical (unpaired) electrons. The van der Waals surface area contributed by atoms with Gasteiger partial charge in [0, 0.05) is 6.92 Å². The van der Waals surface area contributed by atoms with Gasteiger partial charge in [0.25, 0.3) is 0 Å². The van der Waals surface area contributed by atoms with E-state index in [1.807, 2.05) is 38.1 Å². The van der Waals surface area contributed by atoms with Crippen LogP contribution >= 0.6 is 0 Å². The summed E-state index contributed by atoms with van der Waals surface area (Å²) < 4.78 is 10.5. The fourth-order valence-electron chi connectivity index (χ4n) is 2.98. The summed E-state index contributed by atoms with van der Waals surface area (Å²) in [7, 11) is 1.68. The molecule has 0 amide bonds. The number of rotatable bonds is 3. The van der Waals surface area contributed by atoms with Crippen molar-refractivity contribution in [3.8, 4) is 22.6 Å². The van der Waals surface area contributed by atoms with Crippen LogP contribution in [0.25, 0.3) is 11.1 Å². The maximum atomic E-state index is 11.1.